The fourth-order valence-corrected chi connectivity index (χ4v) is 2.18. The molecule has 0 saturated carbocycles. The fraction of sp³-hybridized carbons (Fsp3) is 0.143. The number of fused-ring (bicyclic) bond motifs is 1. The summed E-state index contributed by atoms with van der Waals surface area (Å²) in [5.74, 6) is 1.78. The first-order valence-corrected chi connectivity index (χ1v) is 6.05. The normalized spacial score (nSPS) is 10.7. The van der Waals surface area contributed by atoms with E-state index in [4.69, 9.17) is 15.2 Å². The quantitative estimate of drug-likeness (QED) is 0.788. The maximum Gasteiger partial charge on any atom is 0.206 e. The molecule has 3 rings (SSSR count). The van der Waals surface area contributed by atoms with E-state index in [0.29, 0.717) is 11.7 Å². The van der Waals surface area contributed by atoms with Crippen molar-refractivity contribution in [2.24, 2.45) is 0 Å². The molecule has 0 bridgehead atoms. The van der Waals surface area contributed by atoms with Gasteiger partial charge in [-0.15, -0.1) is 0 Å². The third kappa shape index (κ3) is 1.82. The van der Waals surface area contributed by atoms with Crippen LogP contribution in [0, 0.1) is 0 Å². The van der Waals surface area contributed by atoms with Crippen LogP contribution in [-0.2, 0) is 0 Å². The van der Waals surface area contributed by atoms with Crippen LogP contribution < -0.4 is 15.2 Å². The molecule has 0 aliphatic rings. The van der Waals surface area contributed by atoms with Crippen LogP contribution in [0.2, 0.25) is 0 Å². The molecule has 6 nitrogen and oxygen atoms in total. The fourth-order valence-electron chi connectivity index (χ4n) is 2.18. The van der Waals surface area contributed by atoms with Crippen molar-refractivity contribution < 1.29 is 9.47 Å². The van der Waals surface area contributed by atoms with E-state index in [2.05, 4.69) is 9.97 Å². The zero-order valence-corrected chi connectivity index (χ0v) is 11.2. The smallest absolute Gasteiger partial charge is 0.206 e. The van der Waals surface area contributed by atoms with Gasteiger partial charge in [0.1, 0.15) is 17.0 Å². The van der Waals surface area contributed by atoms with Crippen molar-refractivity contribution in [3.63, 3.8) is 0 Å². The third-order valence-electron chi connectivity index (χ3n) is 3.11. The van der Waals surface area contributed by atoms with Crippen LogP contribution in [0.3, 0.4) is 0 Å². The topological polar surface area (TPSA) is 75.2 Å². The highest BCUT2D eigenvalue weighted by Gasteiger charge is 2.14. The number of rotatable bonds is 3. The first-order valence-electron chi connectivity index (χ1n) is 6.05. The lowest BCUT2D eigenvalue weighted by Crippen LogP contribution is -2.03. The highest BCUT2D eigenvalue weighted by Crippen LogP contribution is 2.32. The zero-order chi connectivity index (χ0) is 14.1. The van der Waals surface area contributed by atoms with Gasteiger partial charge in [-0.2, -0.15) is 0 Å². The van der Waals surface area contributed by atoms with Crippen molar-refractivity contribution in [1.82, 2.24) is 14.5 Å². The van der Waals surface area contributed by atoms with Gasteiger partial charge in [-0.05, 0) is 18.2 Å². The van der Waals surface area contributed by atoms with Gasteiger partial charge in [0.2, 0.25) is 5.95 Å². The Morgan fingerprint density at radius 3 is 2.75 bits per heavy atom. The van der Waals surface area contributed by atoms with E-state index in [1.54, 1.807) is 26.6 Å². The van der Waals surface area contributed by atoms with E-state index in [9.17, 15) is 0 Å². The lowest BCUT2D eigenvalue weighted by molar-refractivity contribution is 0.402. The predicted octanol–water partition coefficient (Wildman–Crippen LogP) is 2.02. The van der Waals surface area contributed by atoms with Gasteiger partial charge in [0.15, 0.2) is 0 Å². The highest BCUT2D eigenvalue weighted by atomic mass is 16.5. The molecule has 3 aromatic rings. The van der Waals surface area contributed by atoms with Crippen LogP contribution in [0.15, 0.2) is 36.7 Å². The Morgan fingerprint density at radius 1 is 1.15 bits per heavy atom. The maximum absolute atomic E-state index is 6.03. The number of hydrogen-bond acceptors (Lipinski definition) is 5. The average molecular weight is 270 g/mol. The Morgan fingerprint density at radius 2 is 2.00 bits per heavy atom. The molecule has 0 amide bonds. The summed E-state index contributed by atoms with van der Waals surface area (Å²) in [6.07, 6.45) is 3.38. The van der Waals surface area contributed by atoms with Gasteiger partial charge in [-0.1, -0.05) is 0 Å². The van der Waals surface area contributed by atoms with Gasteiger partial charge >= 0.3 is 0 Å². The lowest BCUT2D eigenvalue weighted by Gasteiger charge is -2.13. The standard InChI is InChI=1S/C14H14N4O2/c1-19-9-3-4-13(20-2)12(7-9)18-11-5-6-16-8-10(11)17-14(18)15/h3-8H,1-2H3,(H2,15,17). The van der Waals surface area contributed by atoms with Crippen molar-refractivity contribution in [1.29, 1.82) is 0 Å². The number of nitrogens with two attached hydrogens (primary N) is 1. The lowest BCUT2D eigenvalue weighted by atomic mass is 10.2. The zero-order valence-electron chi connectivity index (χ0n) is 11.2. The predicted molar refractivity (Wildman–Crippen MR) is 76.4 cm³/mol. The molecular weight excluding hydrogens is 256 g/mol. The molecule has 0 radical (unpaired) electrons. The first kappa shape index (κ1) is 12.3. The van der Waals surface area contributed by atoms with Crippen LogP contribution in [0.5, 0.6) is 11.5 Å². The molecule has 0 spiro atoms. The van der Waals surface area contributed by atoms with Gasteiger partial charge in [0.25, 0.3) is 0 Å². The number of benzene rings is 1. The third-order valence-corrected chi connectivity index (χ3v) is 3.11. The highest BCUT2D eigenvalue weighted by molar-refractivity contribution is 5.80. The van der Waals surface area contributed by atoms with Gasteiger partial charge in [0.05, 0.1) is 31.6 Å². The number of hydrogen-bond donors (Lipinski definition) is 1. The van der Waals surface area contributed by atoms with Crippen LogP contribution in [0.1, 0.15) is 0 Å². The summed E-state index contributed by atoms with van der Waals surface area (Å²) in [4.78, 5) is 8.35. The molecule has 2 aromatic heterocycles. The Hall–Kier alpha value is -2.76. The summed E-state index contributed by atoms with van der Waals surface area (Å²) in [5.41, 5.74) is 8.40. The van der Waals surface area contributed by atoms with E-state index in [1.807, 2.05) is 28.8 Å². The summed E-state index contributed by atoms with van der Waals surface area (Å²) >= 11 is 0. The van der Waals surface area contributed by atoms with Gasteiger partial charge in [-0.25, -0.2) is 4.98 Å². The molecule has 0 atom stereocenters. The monoisotopic (exact) mass is 270 g/mol. The number of aromatic nitrogens is 3. The molecule has 102 valence electrons. The van der Waals surface area contributed by atoms with Crippen LogP contribution >= 0.6 is 0 Å². The minimum Gasteiger partial charge on any atom is -0.497 e. The molecule has 20 heavy (non-hydrogen) atoms. The van der Waals surface area contributed by atoms with E-state index in [-0.39, 0.29) is 0 Å². The molecule has 0 aliphatic carbocycles. The molecule has 0 saturated heterocycles. The molecule has 6 heteroatoms. The Labute approximate surface area is 115 Å². The second-order valence-corrected chi connectivity index (χ2v) is 4.21. The number of imidazole rings is 1. The second-order valence-electron chi connectivity index (χ2n) is 4.21. The largest absolute Gasteiger partial charge is 0.497 e. The van der Waals surface area contributed by atoms with Crippen molar-refractivity contribution in [3.05, 3.63) is 36.7 Å². The van der Waals surface area contributed by atoms with E-state index < -0.39 is 0 Å². The van der Waals surface area contributed by atoms with Gasteiger partial charge in [-0.3, -0.25) is 9.55 Å². The number of nitrogens with zero attached hydrogens (tertiary/aromatic N) is 3. The van der Waals surface area contributed by atoms with Crippen molar-refractivity contribution in [2.75, 3.05) is 20.0 Å². The van der Waals surface area contributed by atoms with Crippen molar-refractivity contribution in [2.45, 2.75) is 0 Å². The Kier molecular flexibility index (Phi) is 2.90. The summed E-state index contributed by atoms with van der Waals surface area (Å²) < 4.78 is 12.5. The molecule has 0 fully saturated rings. The number of methoxy groups -OCH3 is 2. The Balaban J connectivity index is 2.32. The van der Waals surface area contributed by atoms with E-state index in [0.717, 1.165) is 22.5 Å². The second kappa shape index (κ2) is 4.73. The summed E-state index contributed by atoms with van der Waals surface area (Å²) in [6.45, 7) is 0. The summed E-state index contributed by atoms with van der Waals surface area (Å²) in [5, 5.41) is 0. The molecule has 2 N–H and O–H groups in total. The van der Waals surface area contributed by atoms with Crippen LogP contribution in [0.4, 0.5) is 5.95 Å². The van der Waals surface area contributed by atoms with Crippen LogP contribution in [0.25, 0.3) is 16.7 Å². The summed E-state index contributed by atoms with van der Waals surface area (Å²) in [7, 11) is 3.23. The molecule has 2 heterocycles. The van der Waals surface area contributed by atoms with Crippen molar-refractivity contribution >= 4 is 17.0 Å². The number of ether oxygens (including phenoxy) is 2. The Bertz CT molecular complexity index is 767. The molecular formula is C14H14N4O2. The maximum atomic E-state index is 6.03. The molecule has 1 aromatic carbocycles. The molecule has 0 aliphatic heterocycles. The average Bonchev–Trinajstić information content (AvgIpc) is 2.82. The number of anilines is 1. The summed E-state index contributed by atoms with van der Waals surface area (Å²) in [6, 6.07) is 7.38. The van der Waals surface area contributed by atoms with Crippen molar-refractivity contribution in [3.8, 4) is 17.2 Å². The molecule has 0 unspecified atom stereocenters. The van der Waals surface area contributed by atoms with Gasteiger partial charge in [0, 0.05) is 12.3 Å². The SMILES string of the molecule is COc1ccc(OC)c(-n2c(N)nc3cnccc32)c1. The minimum absolute atomic E-state index is 0.375. The van der Waals surface area contributed by atoms with Crippen LogP contribution in [-0.4, -0.2) is 28.8 Å². The number of pyridine rings is 1. The first-order chi connectivity index (χ1) is 9.74. The van der Waals surface area contributed by atoms with Gasteiger partial charge < -0.3 is 15.2 Å². The van der Waals surface area contributed by atoms with E-state index >= 15 is 0 Å². The minimum atomic E-state index is 0.375. The number of nitrogen functional groups attached to an aromatic ring is 1. The van der Waals surface area contributed by atoms with E-state index in [1.165, 1.54) is 0 Å².